The number of likely N-dealkylation sites (N-methyl/N-ethyl adjacent to an activating group) is 1. The molecule has 2 aliphatic heterocycles. The van der Waals surface area contributed by atoms with Gasteiger partial charge in [-0.15, -0.1) is 0 Å². The number of benzene rings is 3. The van der Waals surface area contributed by atoms with Gasteiger partial charge in [0.2, 0.25) is 0 Å². The number of amidine groups is 1. The molecule has 0 saturated carbocycles. The highest BCUT2D eigenvalue weighted by molar-refractivity contribution is 6.08. The van der Waals surface area contributed by atoms with Crippen LogP contribution in [0.25, 0.3) is 0 Å². The van der Waals surface area contributed by atoms with Crippen LogP contribution in [0, 0.1) is 0 Å². The number of nitrogens with zero attached hydrogens (tertiary/aromatic N) is 3. The fourth-order valence-electron chi connectivity index (χ4n) is 4.50. The van der Waals surface area contributed by atoms with Crippen LogP contribution in [0.15, 0.2) is 65.7 Å². The molecule has 2 heterocycles. The maximum atomic E-state index is 13.2. The Labute approximate surface area is 211 Å². The van der Waals surface area contributed by atoms with E-state index in [9.17, 15) is 4.79 Å². The van der Waals surface area contributed by atoms with E-state index in [0.29, 0.717) is 34.2 Å². The predicted octanol–water partition coefficient (Wildman–Crippen LogP) is 4.78. The van der Waals surface area contributed by atoms with E-state index in [1.807, 2.05) is 42.5 Å². The van der Waals surface area contributed by atoms with Crippen molar-refractivity contribution in [3.05, 3.63) is 71.8 Å². The second-order valence-corrected chi connectivity index (χ2v) is 8.66. The summed E-state index contributed by atoms with van der Waals surface area (Å²) in [5, 5.41) is 3.00. The van der Waals surface area contributed by atoms with Gasteiger partial charge < -0.3 is 29.3 Å². The molecule has 0 unspecified atom stereocenters. The van der Waals surface area contributed by atoms with Gasteiger partial charge in [-0.25, -0.2) is 4.99 Å². The number of ether oxygens (including phenoxy) is 3. The zero-order valence-electron chi connectivity index (χ0n) is 20.8. The van der Waals surface area contributed by atoms with E-state index in [1.54, 1.807) is 25.3 Å². The first-order chi connectivity index (χ1) is 17.6. The van der Waals surface area contributed by atoms with Crippen molar-refractivity contribution in [1.82, 2.24) is 9.80 Å². The van der Waals surface area contributed by atoms with Gasteiger partial charge in [-0.05, 0) is 49.0 Å². The van der Waals surface area contributed by atoms with Crippen LogP contribution in [0.4, 0.5) is 11.4 Å². The van der Waals surface area contributed by atoms with Crippen LogP contribution in [-0.2, 0) is 0 Å². The largest absolute Gasteiger partial charge is 0.497 e. The Morgan fingerprint density at radius 1 is 0.972 bits per heavy atom. The first-order valence-electron chi connectivity index (χ1n) is 12.1. The minimum atomic E-state index is -0.276. The molecular formula is C28H30N4O4. The number of hydrogen-bond acceptors (Lipinski definition) is 7. The summed E-state index contributed by atoms with van der Waals surface area (Å²) in [6, 6.07) is 18.6. The van der Waals surface area contributed by atoms with Crippen LogP contribution in [0.1, 0.15) is 22.8 Å². The van der Waals surface area contributed by atoms with E-state index in [-0.39, 0.29) is 5.91 Å². The maximum Gasteiger partial charge on any atom is 0.259 e. The second-order valence-electron chi connectivity index (χ2n) is 8.66. The number of nitrogens with one attached hydrogen (secondary N) is 1. The van der Waals surface area contributed by atoms with Gasteiger partial charge in [0.1, 0.15) is 28.8 Å². The average molecular weight is 487 g/mol. The summed E-state index contributed by atoms with van der Waals surface area (Å²) in [6.07, 6.45) is 0. The van der Waals surface area contributed by atoms with Crippen molar-refractivity contribution in [3.63, 3.8) is 0 Å². The van der Waals surface area contributed by atoms with Crippen molar-refractivity contribution < 1.29 is 19.0 Å². The summed E-state index contributed by atoms with van der Waals surface area (Å²) in [7, 11) is 3.11. The summed E-state index contributed by atoms with van der Waals surface area (Å²) in [6.45, 7) is 6.91. The molecule has 3 aromatic rings. The van der Waals surface area contributed by atoms with Crippen molar-refractivity contribution in [3.8, 4) is 23.0 Å². The number of para-hydroxylation sites is 2. The summed E-state index contributed by atoms with van der Waals surface area (Å²) in [5.41, 5.74) is 2.69. The summed E-state index contributed by atoms with van der Waals surface area (Å²) >= 11 is 0. The lowest BCUT2D eigenvalue weighted by atomic mass is 10.1. The average Bonchev–Trinajstić information content (AvgIpc) is 3.09. The molecule has 1 amide bonds. The number of anilines is 1. The molecule has 2 aliphatic rings. The molecule has 0 aromatic heterocycles. The molecule has 0 bridgehead atoms. The standard InChI is InChI=1S/C28H30N4O4/c1-4-31-13-15-32(16-14-31)27-22-17-19(9-12-24(22)36-25-8-6-5-7-23(25)30-27)29-28(33)21-11-10-20(34-2)18-26(21)35-3/h5-12,17-18H,4,13-16H2,1-3H3,(H,29,33). The lowest BCUT2D eigenvalue weighted by Gasteiger charge is -2.36. The zero-order chi connectivity index (χ0) is 25.1. The molecule has 1 N–H and O–H groups in total. The molecule has 186 valence electrons. The molecule has 1 saturated heterocycles. The minimum Gasteiger partial charge on any atom is -0.497 e. The monoisotopic (exact) mass is 486 g/mol. The minimum absolute atomic E-state index is 0.276. The first-order valence-corrected chi connectivity index (χ1v) is 12.1. The molecule has 1 fully saturated rings. The third kappa shape index (κ3) is 4.72. The number of piperazine rings is 1. The van der Waals surface area contributed by atoms with E-state index in [1.165, 1.54) is 7.11 Å². The summed E-state index contributed by atoms with van der Waals surface area (Å²) in [4.78, 5) is 22.9. The fourth-order valence-corrected chi connectivity index (χ4v) is 4.50. The van der Waals surface area contributed by atoms with Crippen LogP contribution in [-0.4, -0.2) is 68.5 Å². The number of rotatable bonds is 5. The van der Waals surface area contributed by atoms with Gasteiger partial charge in [0.15, 0.2) is 5.75 Å². The fraction of sp³-hybridized carbons (Fsp3) is 0.286. The zero-order valence-corrected chi connectivity index (χ0v) is 20.8. The second kappa shape index (κ2) is 10.3. The Hall–Kier alpha value is -4.04. The van der Waals surface area contributed by atoms with Gasteiger partial charge in [0.25, 0.3) is 5.91 Å². The molecule has 3 aromatic carbocycles. The van der Waals surface area contributed by atoms with Gasteiger partial charge >= 0.3 is 0 Å². The lowest BCUT2D eigenvalue weighted by molar-refractivity contribution is 0.102. The Morgan fingerprint density at radius 2 is 1.78 bits per heavy atom. The molecule has 0 aliphatic carbocycles. The van der Waals surface area contributed by atoms with Crippen LogP contribution in [0.2, 0.25) is 0 Å². The van der Waals surface area contributed by atoms with Crippen molar-refractivity contribution >= 4 is 23.1 Å². The molecule has 0 atom stereocenters. The molecule has 36 heavy (non-hydrogen) atoms. The van der Waals surface area contributed by atoms with E-state index in [4.69, 9.17) is 19.2 Å². The van der Waals surface area contributed by atoms with Crippen molar-refractivity contribution in [2.45, 2.75) is 6.92 Å². The summed E-state index contributed by atoms with van der Waals surface area (Å²) in [5.74, 6) is 3.05. The van der Waals surface area contributed by atoms with Gasteiger partial charge in [-0.3, -0.25) is 4.79 Å². The molecule has 8 heteroatoms. The third-order valence-electron chi connectivity index (χ3n) is 6.56. The van der Waals surface area contributed by atoms with Gasteiger partial charge in [-0.2, -0.15) is 0 Å². The number of amides is 1. The number of methoxy groups -OCH3 is 2. The molecule has 0 spiro atoms. The van der Waals surface area contributed by atoms with Gasteiger partial charge in [-0.1, -0.05) is 19.1 Å². The highest BCUT2D eigenvalue weighted by Crippen LogP contribution is 2.39. The Morgan fingerprint density at radius 3 is 2.53 bits per heavy atom. The maximum absolute atomic E-state index is 13.2. The van der Waals surface area contributed by atoms with Gasteiger partial charge in [0, 0.05) is 37.9 Å². The van der Waals surface area contributed by atoms with Crippen LogP contribution < -0.4 is 19.5 Å². The first kappa shape index (κ1) is 23.7. The van der Waals surface area contributed by atoms with Crippen molar-refractivity contribution in [1.29, 1.82) is 0 Å². The Balaban J connectivity index is 1.48. The lowest BCUT2D eigenvalue weighted by Crippen LogP contribution is -2.48. The Kier molecular flexibility index (Phi) is 6.77. The highest BCUT2D eigenvalue weighted by atomic mass is 16.5. The number of fused-ring (bicyclic) bond motifs is 2. The van der Waals surface area contributed by atoms with Crippen LogP contribution in [0.3, 0.4) is 0 Å². The van der Waals surface area contributed by atoms with Crippen LogP contribution in [0.5, 0.6) is 23.0 Å². The summed E-state index contributed by atoms with van der Waals surface area (Å²) < 4.78 is 16.9. The topological polar surface area (TPSA) is 75.6 Å². The SMILES string of the molecule is CCN1CCN(C2=Nc3ccccc3Oc3ccc(NC(=O)c4ccc(OC)cc4OC)cc32)CC1. The number of aliphatic imine (C=N–C) groups is 1. The smallest absolute Gasteiger partial charge is 0.259 e. The van der Waals surface area contributed by atoms with E-state index >= 15 is 0 Å². The molecule has 5 rings (SSSR count). The molecule has 8 nitrogen and oxygen atoms in total. The van der Waals surface area contributed by atoms with E-state index in [2.05, 4.69) is 22.0 Å². The van der Waals surface area contributed by atoms with E-state index in [0.717, 1.165) is 49.8 Å². The molecular weight excluding hydrogens is 456 g/mol. The predicted molar refractivity (Wildman–Crippen MR) is 140 cm³/mol. The number of hydrogen-bond donors (Lipinski definition) is 1. The normalized spacial score (nSPS) is 15.1. The van der Waals surface area contributed by atoms with Crippen molar-refractivity contribution in [2.24, 2.45) is 4.99 Å². The van der Waals surface area contributed by atoms with E-state index < -0.39 is 0 Å². The number of carbonyl (C=O) groups excluding carboxylic acids is 1. The quantitative estimate of drug-likeness (QED) is 0.560. The van der Waals surface area contributed by atoms with Crippen molar-refractivity contribution in [2.75, 3.05) is 52.3 Å². The third-order valence-corrected chi connectivity index (χ3v) is 6.56. The number of carbonyl (C=O) groups is 1. The van der Waals surface area contributed by atoms with Gasteiger partial charge in [0.05, 0.1) is 25.3 Å². The molecule has 0 radical (unpaired) electrons. The Bertz CT molecular complexity index is 1300. The van der Waals surface area contributed by atoms with Crippen LogP contribution >= 0.6 is 0 Å². The highest BCUT2D eigenvalue weighted by Gasteiger charge is 2.26.